The molecule has 0 saturated carbocycles. The minimum absolute atomic E-state index is 0.0851. The van der Waals surface area contributed by atoms with Gasteiger partial charge in [-0.15, -0.1) is 0 Å². The van der Waals surface area contributed by atoms with Crippen molar-refractivity contribution in [2.75, 3.05) is 44.3 Å². The van der Waals surface area contributed by atoms with E-state index in [9.17, 15) is 22.8 Å². The number of alkyl halides is 3. The molecule has 1 atom stereocenters. The summed E-state index contributed by atoms with van der Waals surface area (Å²) >= 11 is 3.13. The molecule has 2 aromatic rings. The molecule has 0 unspecified atom stereocenters. The number of rotatable bonds is 8. The Morgan fingerprint density at radius 2 is 1.88 bits per heavy atom. The van der Waals surface area contributed by atoms with Crippen LogP contribution in [0.2, 0.25) is 0 Å². The number of piperazine rings is 1. The predicted octanol–water partition coefficient (Wildman–Crippen LogP) is 1.86. The van der Waals surface area contributed by atoms with Gasteiger partial charge in [-0.3, -0.25) is 9.59 Å². The van der Waals surface area contributed by atoms with E-state index in [1.807, 2.05) is 0 Å². The van der Waals surface area contributed by atoms with E-state index >= 15 is 0 Å². The van der Waals surface area contributed by atoms with E-state index in [1.54, 1.807) is 16.7 Å². The molecule has 0 aliphatic carbocycles. The highest BCUT2D eigenvalue weighted by molar-refractivity contribution is 9.10. The number of hydrogen-bond acceptors (Lipinski definition) is 8. The van der Waals surface area contributed by atoms with Gasteiger partial charge in [0.2, 0.25) is 11.9 Å². The zero-order valence-corrected chi connectivity index (χ0v) is 19.2. The first-order chi connectivity index (χ1) is 15.6. The molecule has 2 aromatic heterocycles. The maximum Gasteiger partial charge on any atom is 0.419 e. The number of aromatic amines is 1. The standard InChI is InChI=1S/C19H22BrF3N6O4/c1-12(33-14-10-26-27-17(31)16(14)20)11-32-7-2-15(30)28-3-5-29(6-4-28)18-24-8-13(9-25-18)19(21,22)23/h8-10,12H,2-7,11H2,1H3,(H,27,31)/t12-/m0/s1. The first-order valence-electron chi connectivity index (χ1n) is 10.0. The Labute approximate surface area is 195 Å². The van der Waals surface area contributed by atoms with Crippen molar-refractivity contribution in [2.24, 2.45) is 0 Å². The van der Waals surface area contributed by atoms with Gasteiger partial charge in [-0.1, -0.05) is 0 Å². The number of carbonyl (C=O) groups excluding carboxylic acids is 1. The summed E-state index contributed by atoms with van der Waals surface area (Å²) in [5, 5.41) is 5.94. The highest BCUT2D eigenvalue weighted by Crippen LogP contribution is 2.28. The largest absolute Gasteiger partial charge is 0.485 e. The third-order valence-electron chi connectivity index (χ3n) is 4.79. The second-order valence-corrected chi connectivity index (χ2v) is 8.06. The fourth-order valence-electron chi connectivity index (χ4n) is 3.05. The van der Waals surface area contributed by atoms with Crippen LogP contribution < -0.4 is 15.2 Å². The van der Waals surface area contributed by atoms with Crippen molar-refractivity contribution in [1.29, 1.82) is 0 Å². The Hall–Kier alpha value is -2.74. The molecule has 180 valence electrons. The third kappa shape index (κ3) is 6.87. The molecule has 1 aliphatic rings. The predicted molar refractivity (Wildman–Crippen MR) is 114 cm³/mol. The van der Waals surface area contributed by atoms with E-state index in [0.717, 1.165) is 12.4 Å². The maximum atomic E-state index is 12.6. The van der Waals surface area contributed by atoms with E-state index in [-0.39, 0.29) is 42.1 Å². The smallest absolute Gasteiger partial charge is 0.419 e. The molecule has 3 rings (SSSR count). The molecule has 1 saturated heterocycles. The lowest BCUT2D eigenvalue weighted by Gasteiger charge is -2.34. The number of nitrogens with one attached hydrogen (secondary N) is 1. The number of aromatic nitrogens is 4. The van der Waals surface area contributed by atoms with Crippen LogP contribution in [-0.2, 0) is 15.7 Å². The zero-order valence-electron chi connectivity index (χ0n) is 17.6. The number of halogens is 4. The minimum Gasteiger partial charge on any atom is -0.485 e. The molecule has 1 N–H and O–H groups in total. The normalized spacial score (nSPS) is 15.4. The molecule has 14 heteroatoms. The number of amides is 1. The van der Waals surface area contributed by atoms with Gasteiger partial charge in [-0.05, 0) is 22.9 Å². The molecule has 1 aliphatic heterocycles. The molecule has 0 spiro atoms. The molecule has 33 heavy (non-hydrogen) atoms. The van der Waals surface area contributed by atoms with Gasteiger partial charge in [-0.2, -0.15) is 18.3 Å². The molecule has 0 radical (unpaired) electrons. The SMILES string of the molecule is C[C@@H](COCCC(=O)N1CCN(c2ncc(C(F)(F)F)cn2)CC1)Oc1cn[nH]c(=O)c1Br. The van der Waals surface area contributed by atoms with Crippen LogP contribution in [0.15, 0.2) is 27.9 Å². The second kappa shape index (κ2) is 10.9. The van der Waals surface area contributed by atoms with Gasteiger partial charge in [0.05, 0.1) is 31.4 Å². The van der Waals surface area contributed by atoms with Crippen molar-refractivity contribution in [2.45, 2.75) is 25.6 Å². The Kier molecular flexibility index (Phi) is 8.24. The van der Waals surface area contributed by atoms with Crippen LogP contribution in [0, 0.1) is 0 Å². The van der Waals surface area contributed by atoms with Crippen LogP contribution in [0.5, 0.6) is 5.75 Å². The molecular weight excluding hydrogens is 513 g/mol. The first kappa shape index (κ1) is 24.9. The highest BCUT2D eigenvalue weighted by Gasteiger charge is 2.32. The highest BCUT2D eigenvalue weighted by atomic mass is 79.9. The third-order valence-corrected chi connectivity index (χ3v) is 5.54. The number of carbonyl (C=O) groups is 1. The van der Waals surface area contributed by atoms with Crippen LogP contribution in [0.3, 0.4) is 0 Å². The van der Waals surface area contributed by atoms with Crippen molar-refractivity contribution >= 4 is 27.8 Å². The molecule has 3 heterocycles. The van der Waals surface area contributed by atoms with Gasteiger partial charge < -0.3 is 19.3 Å². The molecule has 0 bridgehead atoms. The zero-order chi connectivity index (χ0) is 24.0. The number of ether oxygens (including phenoxy) is 2. The van der Waals surface area contributed by atoms with Gasteiger partial charge in [0.1, 0.15) is 10.6 Å². The van der Waals surface area contributed by atoms with Crippen molar-refractivity contribution in [3.63, 3.8) is 0 Å². The van der Waals surface area contributed by atoms with Crippen LogP contribution >= 0.6 is 15.9 Å². The van der Waals surface area contributed by atoms with Crippen molar-refractivity contribution in [3.05, 3.63) is 39.0 Å². The lowest BCUT2D eigenvalue weighted by atomic mass is 10.3. The molecule has 10 nitrogen and oxygen atoms in total. The summed E-state index contributed by atoms with van der Waals surface area (Å²) in [7, 11) is 0. The van der Waals surface area contributed by atoms with Gasteiger partial charge in [-0.25, -0.2) is 15.1 Å². The summed E-state index contributed by atoms with van der Waals surface area (Å²) in [6.07, 6.45) is -1.78. The van der Waals surface area contributed by atoms with Gasteiger partial charge in [0.15, 0.2) is 5.75 Å². The van der Waals surface area contributed by atoms with Crippen molar-refractivity contribution < 1.29 is 27.4 Å². The van der Waals surface area contributed by atoms with Gasteiger partial charge in [0, 0.05) is 38.6 Å². The fourth-order valence-corrected chi connectivity index (χ4v) is 3.34. The quantitative estimate of drug-likeness (QED) is 0.510. The monoisotopic (exact) mass is 534 g/mol. The number of hydrogen-bond donors (Lipinski definition) is 1. The Bertz CT molecular complexity index is 996. The van der Waals surface area contributed by atoms with Crippen molar-refractivity contribution in [1.82, 2.24) is 25.1 Å². The fraction of sp³-hybridized carbons (Fsp3) is 0.526. The van der Waals surface area contributed by atoms with E-state index in [4.69, 9.17) is 9.47 Å². The summed E-state index contributed by atoms with van der Waals surface area (Å²) in [6.45, 7) is 3.83. The average Bonchev–Trinajstić information content (AvgIpc) is 2.79. The lowest BCUT2D eigenvalue weighted by Crippen LogP contribution is -2.49. The van der Waals surface area contributed by atoms with E-state index < -0.39 is 17.3 Å². The van der Waals surface area contributed by atoms with Crippen LogP contribution in [-0.4, -0.2) is 76.5 Å². The molecule has 1 amide bonds. The summed E-state index contributed by atoms with van der Waals surface area (Å²) in [6, 6.07) is 0. The summed E-state index contributed by atoms with van der Waals surface area (Å²) in [5.74, 6) is 0.411. The number of anilines is 1. The minimum atomic E-state index is -4.48. The summed E-state index contributed by atoms with van der Waals surface area (Å²) < 4.78 is 49.2. The van der Waals surface area contributed by atoms with Crippen LogP contribution in [0.25, 0.3) is 0 Å². The summed E-state index contributed by atoms with van der Waals surface area (Å²) in [5.41, 5.74) is -1.31. The number of nitrogens with zero attached hydrogens (tertiary/aromatic N) is 5. The van der Waals surface area contributed by atoms with Gasteiger partial charge >= 0.3 is 6.18 Å². The Morgan fingerprint density at radius 1 is 1.21 bits per heavy atom. The number of H-pyrrole nitrogens is 1. The maximum absolute atomic E-state index is 12.6. The molecular formula is C19H22BrF3N6O4. The lowest BCUT2D eigenvalue weighted by molar-refractivity contribution is -0.138. The van der Waals surface area contributed by atoms with E-state index in [1.165, 1.54) is 6.20 Å². The Balaban J connectivity index is 1.36. The van der Waals surface area contributed by atoms with Crippen LogP contribution in [0.1, 0.15) is 18.9 Å². The van der Waals surface area contributed by atoms with Crippen molar-refractivity contribution in [3.8, 4) is 5.75 Å². The Morgan fingerprint density at radius 3 is 2.52 bits per heavy atom. The van der Waals surface area contributed by atoms with E-state index in [2.05, 4.69) is 36.1 Å². The first-order valence-corrected chi connectivity index (χ1v) is 10.8. The van der Waals surface area contributed by atoms with Gasteiger partial charge in [0.25, 0.3) is 5.56 Å². The van der Waals surface area contributed by atoms with Crippen LogP contribution in [0.4, 0.5) is 19.1 Å². The topological polar surface area (TPSA) is 114 Å². The van der Waals surface area contributed by atoms with E-state index in [0.29, 0.717) is 31.9 Å². The average molecular weight is 535 g/mol. The molecule has 1 fully saturated rings. The molecule has 0 aromatic carbocycles. The second-order valence-electron chi connectivity index (χ2n) is 7.27. The summed E-state index contributed by atoms with van der Waals surface area (Å²) in [4.78, 5) is 34.9.